The zero-order valence-electron chi connectivity index (χ0n) is 19.2. The molecule has 1 atom stereocenters. The van der Waals surface area contributed by atoms with Crippen LogP contribution in [0, 0.1) is 12.7 Å². The molecule has 2 aromatic heterocycles. The third-order valence-corrected chi connectivity index (χ3v) is 6.64. The van der Waals surface area contributed by atoms with E-state index in [1.165, 1.54) is 17.7 Å². The fourth-order valence-electron chi connectivity index (χ4n) is 4.87. The second-order valence-electron chi connectivity index (χ2n) is 9.00. The first-order valence-corrected chi connectivity index (χ1v) is 11.7. The van der Waals surface area contributed by atoms with Crippen molar-refractivity contribution in [2.45, 2.75) is 58.7 Å². The van der Waals surface area contributed by atoms with Crippen molar-refractivity contribution in [1.82, 2.24) is 24.6 Å². The lowest BCUT2D eigenvalue weighted by Gasteiger charge is -2.30. The van der Waals surface area contributed by atoms with Crippen LogP contribution in [0.2, 0.25) is 0 Å². The molecule has 2 aliphatic rings. The van der Waals surface area contributed by atoms with Gasteiger partial charge in [0.25, 0.3) is 0 Å². The van der Waals surface area contributed by atoms with Crippen LogP contribution in [0.4, 0.5) is 10.2 Å². The lowest BCUT2D eigenvalue weighted by Crippen LogP contribution is -2.36. The first-order valence-electron chi connectivity index (χ1n) is 11.7. The van der Waals surface area contributed by atoms with E-state index in [1.807, 2.05) is 23.9 Å². The standard InChI is InChI=1S/C25H29FN6O/c1-3-31-14-19(12-27-31)13-30-10-9-20(16-30)24-28-17(2)22-7-8-23(33)32(25(22)29-24)15-18-5-4-6-21(26)11-18/h4-6,11-12,14,20H,3,7-10,13,15-16H2,1-2H3/t20-/m0/s1. The summed E-state index contributed by atoms with van der Waals surface area (Å²) in [6.45, 7) is 8.01. The number of fused-ring (bicyclic) bond motifs is 1. The minimum Gasteiger partial charge on any atom is -0.298 e. The van der Waals surface area contributed by atoms with Crippen LogP contribution in [0.5, 0.6) is 0 Å². The Morgan fingerprint density at radius 2 is 2.03 bits per heavy atom. The van der Waals surface area contributed by atoms with Crippen molar-refractivity contribution < 1.29 is 9.18 Å². The molecule has 33 heavy (non-hydrogen) atoms. The first kappa shape index (κ1) is 21.7. The zero-order valence-corrected chi connectivity index (χ0v) is 19.2. The van der Waals surface area contributed by atoms with Crippen molar-refractivity contribution in [3.8, 4) is 0 Å². The second kappa shape index (κ2) is 9.02. The van der Waals surface area contributed by atoms with Crippen LogP contribution in [0.3, 0.4) is 0 Å². The number of halogens is 1. The van der Waals surface area contributed by atoms with Gasteiger partial charge in [-0.2, -0.15) is 5.10 Å². The normalized spacial score (nSPS) is 18.7. The van der Waals surface area contributed by atoms with E-state index in [1.54, 1.807) is 11.0 Å². The van der Waals surface area contributed by atoms with Gasteiger partial charge in [0.05, 0.1) is 12.7 Å². The Morgan fingerprint density at radius 1 is 1.15 bits per heavy atom. The number of anilines is 1. The molecule has 1 fully saturated rings. The van der Waals surface area contributed by atoms with E-state index in [-0.39, 0.29) is 17.6 Å². The molecule has 0 unspecified atom stereocenters. The Morgan fingerprint density at radius 3 is 2.82 bits per heavy atom. The summed E-state index contributed by atoms with van der Waals surface area (Å²) in [5, 5.41) is 4.37. The van der Waals surface area contributed by atoms with Gasteiger partial charge in [-0.15, -0.1) is 0 Å². The Bertz CT molecular complexity index is 1180. The van der Waals surface area contributed by atoms with Crippen molar-refractivity contribution >= 4 is 11.7 Å². The van der Waals surface area contributed by atoms with Crippen LogP contribution < -0.4 is 4.90 Å². The number of hydrogen-bond donors (Lipinski definition) is 0. The molecule has 3 aromatic rings. The van der Waals surface area contributed by atoms with Crippen LogP contribution in [-0.2, 0) is 30.8 Å². The molecule has 0 N–H and O–H groups in total. The van der Waals surface area contributed by atoms with Gasteiger partial charge in [0.2, 0.25) is 5.91 Å². The van der Waals surface area contributed by atoms with Gasteiger partial charge in [-0.3, -0.25) is 19.3 Å². The molecule has 1 saturated heterocycles. The highest BCUT2D eigenvalue weighted by Gasteiger charge is 2.32. The second-order valence-corrected chi connectivity index (χ2v) is 9.00. The third-order valence-electron chi connectivity index (χ3n) is 6.64. The van der Waals surface area contributed by atoms with Crippen molar-refractivity contribution in [2.75, 3.05) is 18.0 Å². The lowest BCUT2D eigenvalue weighted by molar-refractivity contribution is -0.119. The predicted molar refractivity (Wildman–Crippen MR) is 123 cm³/mol. The minimum absolute atomic E-state index is 0.0248. The molecule has 0 aliphatic carbocycles. The van der Waals surface area contributed by atoms with E-state index < -0.39 is 0 Å². The first-order chi connectivity index (χ1) is 16.0. The van der Waals surface area contributed by atoms with Gasteiger partial charge in [-0.1, -0.05) is 12.1 Å². The molecule has 7 nitrogen and oxygen atoms in total. The SMILES string of the molecule is CCn1cc(CN2CC[C@H](c3nc(C)c4c(n3)N(Cc3cccc(F)c3)C(=O)CC4)C2)cn1. The average molecular weight is 449 g/mol. The summed E-state index contributed by atoms with van der Waals surface area (Å²) in [6.07, 6.45) is 6.10. The van der Waals surface area contributed by atoms with Crippen LogP contribution >= 0.6 is 0 Å². The van der Waals surface area contributed by atoms with Crippen LogP contribution in [0.25, 0.3) is 0 Å². The van der Waals surface area contributed by atoms with Crippen LogP contribution in [-0.4, -0.2) is 43.6 Å². The highest BCUT2D eigenvalue weighted by Crippen LogP contribution is 2.33. The van der Waals surface area contributed by atoms with E-state index in [0.29, 0.717) is 25.2 Å². The maximum atomic E-state index is 13.7. The predicted octanol–water partition coefficient (Wildman–Crippen LogP) is 3.61. The monoisotopic (exact) mass is 448 g/mol. The fraction of sp³-hybridized carbons (Fsp3) is 0.440. The topological polar surface area (TPSA) is 67.2 Å². The molecule has 0 bridgehead atoms. The molecular formula is C25H29FN6O. The number of amides is 1. The highest BCUT2D eigenvalue weighted by molar-refractivity contribution is 5.95. The van der Waals surface area contributed by atoms with E-state index in [4.69, 9.17) is 9.97 Å². The molecule has 8 heteroatoms. The van der Waals surface area contributed by atoms with E-state index >= 15 is 0 Å². The number of aromatic nitrogens is 4. The summed E-state index contributed by atoms with van der Waals surface area (Å²) < 4.78 is 15.7. The molecule has 0 saturated carbocycles. The summed E-state index contributed by atoms with van der Waals surface area (Å²) in [4.78, 5) is 26.7. The number of hydrogen-bond acceptors (Lipinski definition) is 5. The van der Waals surface area contributed by atoms with E-state index in [0.717, 1.165) is 55.2 Å². The number of carbonyl (C=O) groups is 1. The van der Waals surface area contributed by atoms with E-state index in [9.17, 15) is 9.18 Å². The van der Waals surface area contributed by atoms with Gasteiger partial charge < -0.3 is 0 Å². The molecule has 0 radical (unpaired) electrons. The fourth-order valence-corrected chi connectivity index (χ4v) is 4.87. The number of aryl methyl sites for hydroxylation is 2. The average Bonchev–Trinajstić information content (AvgIpc) is 3.45. The molecule has 4 heterocycles. The van der Waals surface area contributed by atoms with Gasteiger partial charge >= 0.3 is 0 Å². The van der Waals surface area contributed by atoms with Gasteiger partial charge in [0.1, 0.15) is 17.5 Å². The summed E-state index contributed by atoms with van der Waals surface area (Å²) in [5.74, 6) is 1.45. The maximum Gasteiger partial charge on any atom is 0.228 e. The van der Waals surface area contributed by atoms with Crippen molar-refractivity contribution in [1.29, 1.82) is 0 Å². The van der Waals surface area contributed by atoms with Crippen molar-refractivity contribution in [2.24, 2.45) is 0 Å². The minimum atomic E-state index is -0.299. The third kappa shape index (κ3) is 4.53. The van der Waals surface area contributed by atoms with Crippen molar-refractivity contribution in [3.05, 3.63) is 70.7 Å². The molecule has 0 spiro atoms. The van der Waals surface area contributed by atoms with Gasteiger partial charge in [-0.05, 0) is 50.9 Å². The Balaban J connectivity index is 1.37. The van der Waals surface area contributed by atoms with Gasteiger partial charge in [0, 0.05) is 55.0 Å². The summed E-state index contributed by atoms with van der Waals surface area (Å²) in [5.41, 5.74) is 3.94. The van der Waals surface area contributed by atoms with Crippen LogP contribution in [0.1, 0.15) is 53.9 Å². The van der Waals surface area contributed by atoms with Gasteiger partial charge in [0.15, 0.2) is 0 Å². The number of carbonyl (C=O) groups excluding carboxylic acids is 1. The number of rotatable bonds is 6. The van der Waals surface area contributed by atoms with Crippen molar-refractivity contribution in [3.63, 3.8) is 0 Å². The number of benzene rings is 1. The molecule has 2 aliphatic heterocycles. The molecule has 5 rings (SSSR count). The summed E-state index contributed by atoms with van der Waals surface area (Å²) >= 11 is 0. The van der Waals surface area contributed by atoms with Gasteiger partial charge in [-0.25, -0.2) is 14.4 Å². The Hall–Kier alpha value is -3.13. The number of nitrogens with zero attached hydrogens (tertiary/aromatic N) is 6. The quantitative estimate of drug-likeness (QED) is 0.576. The van der Waals surface area contributed by atoms with Crippen LogP contribution in [0.15, 0.2) is 36.7 Å². The number of likely N-dealkylation sites (tertiary alicyclic amines) is 1. The summed E-state index contributed by atoms with van der Waals surface area (Å²) in [7, 11) is 0. The molecule has 1 amide bonds. The largest absolute Gasteiger partial charge is 0.298 e. The molecule has 1 aromatic carbocycles. The smallest absolute Gasteiger partial charge is 0.228 e. The maximum absolute atomic E-state index is 13.7. The highest BCUT2D eigenvalue weighted by atomic mass is 19.1. The zero-order chi connectivity index (χ0) is 22.9. The molecular weight excluding hydrogens is 419 g/mol. The summed E-state index contributed by atoms with van der Waals surface area (Å²) in [6, 6.07) is 6.41. The molecule has 172 valence electrons. The van der Waals surface area contributed by atoms with E-state index in [2.05, 4.69) is 23.1 Å². The Labute approximate surface area is 193 Å². The Kier molecular flexibility index (Phi) is 5.93. The lowest BCUT2D eigenvalue weighted by atomic mass is 10.0.